The van der Waals surface area contributed by atoms with E-state index in [2.05, 4.69) is 5.32 Å². The van der Waals surface area contributed by atoms with E-state index >= 15 is 0 Å². The van der Waals surface area contributed by atoms with Crippen molar-refractivity contribution in [3.63, 3.8) is 0 Å². The number of piperidine rings is 1. The Hall–Kier alpha value is -2.96. The molecule has 166 valence electrons. The third kappa shape index (κ3) is 4.76. The van der Waals surface area contributed by atoms with Crippen molar-refractivity contribution < 1.29 is 13.2 Å². The van der Waals surface area contributed by atoms with Crippen LogP contribution in [-0.4, -0.2) is 31.7 Å². The molecule has 0 bridgehead atoms. The summed E-state index contributed by atoms with van der Waals surface area (Å²) >= 11 is 0. The van der Waals surface area contributed by atoms with E-state index in [1.807, 2.05) is 50.2 Å². The quantitative estimate of drug-likeness (QED) is 0.568. The van der Waals surface area contributed by atoms with Crippen molar-refractivity contribution in [2.75, 3.05) is 18.4 Å². The van der Waals surface area contributed by atoms with Gasteiger partial charge in [-0.1, -0.05) is 48.4 Å². The Morgan fingerprint density at radius 3 is 2.25 bits per heavy atom. The number of sulfonamides is 1. The summed E-state index contributed by atoms with van der Waals surface area (Å²) in [7, 11) is -3.46. The van der Waals surface area contributed by atoms with Gasteiger partial charge in [0, 0.05) is 24.3 Å². The minimum absolute atomic E-state index is 0.178. The van der Waals surface area contributed by atoms with Gasteiger partial charge in [-0.05, 0) is 73.7 Å². The van der Waals surface area contributed by atoms with Gasteiger partial charge >= 0.3 is 0 Å². The largest absolute Gasteiger partial charge is 0.322 e. The molecule has 1 aliphatic rings. The van der Waals surface area contributed by atoms with Gasteiger partial charge in [0.05, 0.1) is 4.90 Å². The molecule has 0 atom stereocenters. The first-order chi connectivity index (χ1) is 15.3. The first-order valence-electron chi connectivity index (χ1n) is 10.9. The lowest BCUT2D eigenvalue weighted by atomic mass is 10.0. The van der Waals surface area contributed by atoms with E-state index in [1.54, 1.807) is 34.6 Å². The van der Waals surface area contributed by atoms with Gasteiger partial charge in [0.15, 0.2) is 0 Å². The SMILES string of the molecule is Cc1ccc(NC(=O)c2cccc(-c3ccc(S(=O)(=O)N4CCCCC4)cc3)c2)c(C)c1. The normalized spacial score (nSPS) is 14.8. The van der Waals surface area contributed by atoms with Crippen molar-refractivity contribution in [1.29, 1.82) is 0 Å². The van der Waals surface area contributed by atoms with Crippen molar-refractivity contribution >= 4 is 21.6 Å². The molecule has 6 heteroatoms. The lowest BCUT2D eigenvalue weighted by molar-refractivity contribution is 0.102. The molecule has 0 aliphatic carbocycles. The summed E-state index contributed by atoms with van der Waals surface area (Å²) in [5.74, 6) is -0.178. The molecule has 1 aliphatic heterocycles. The van der Waals surface area contributed by atoms with Crippen LogP contribution in [0, 0.1) is 13.8 Å². The molecule has 3 aromatic rings. The van der Waals surface area contributed by atoms with E-state index in [1.165, 1.54) is 0 Å². The van der Waals surface area contributed by atoms with Crippen LogP contribution in [-0.2, 0) is 10.0 Å². The summed E-state index contributed by atoms with van der Waals surface area (Å²) in [5.41, 5.74) is 5.22. The van der Waals surface area contributed by atoms with Crippen molar-refractivity contribution in [3.8, 4) is 11.1 Å². The Morgan fingerprint density at radius 2 is 1.56 bits per heavy atom. The monoisotopic (exact) mass is 448 g/mol. The van der Waals surface area contributed by atoms with Crippen LogP contribution in [0.15, 0.2) is 71.6 Å². The number of hydrogen-bond donors (Lipinski definition) is 1. The molecule has 0 aromatic heterocycles. The molecule has 0 radical (unpaired) electrons. The standard InChI is InChI=1S/C26H28N2O3S/c1-19-9-14-25(20(2)17-19)27-26(29)23-8-6-7-22(18-23)21-10-12-24(13-11-21)32(30,31)28-15-4-3-5-16-28/h6-14,17-18H,3-5,15-16H2,1-2H3,(H,27,29). The van der Waals surface area contributed by atoms with E-state index in [0.29, 0.717) is 23.5 Å². The average Bonchev–Trinajstić information content (AvgIpc) is 2.81. The number of nitrogens with one attached hydrogen (secondary N) is 1. The topological polar surface area (TPSA) is 66.5 Å². The van der Waals surface area contributed by atoms with E-state index in [9.17, 15) is 13.2 Å². The Bertz CT molecular complexity index is 1230. The highest BCUT2D eigenvalue weighted by atomic mass is 32.2. The van der Waals surface area contributed by atoms with Crippen LogP contribution in [0.25, 0.3) is 11.1 Å². The molecule has 32 heavy (non-hydrogen) atoms. The molecule has 0 unspecified atom stereocenters. The second kappa shape index (κ2) is 9.27. The summed E-state index contributed by atoms with van der Waals surface area (Å²) < 4.78 is 27.3. The van der Waals surface area contributed by atoms with Gasteiger partial charge < -0.3 is 5.32 Å². The predicted octanol–water partition coefficient (Wildman–Crippen LogP) is 5.40. The summed E-state index contributed by atoms with van der Waals surface area (Å²) in [6.45, 7) is 5.16. The zero-order valence-electron chi connectivity index (χ0n) is 18.5. The van der Waals surface area contributed by atoms with Gasteiger partial charge in [0.2, 0.25) is 10.0 Å². The smallest absolute Gasteiger partial charge is 0.255 e. The Kier molecular flexibility index (Phi) is 6.44. The number of benzene rings is 3. The molecule has 4 rings (SSSR count). The number of rotatable bonds is 5. The summed E-state index contributed by atoms with van der Waals surface area (Å²) in [5, 5.41) is 2.97. The van der Waals surface area contributed by atoms with Crippen molar-refractivity contribution in [2.45, 2.75) is 38.0 Å². The molecule has 0 saturated carbocycles. The summed E-state index contributed by atoms with van der Waals surface area (Å²) in [6.07, 6.45) is 2.90. The fourth-order valence-electron chi connectivity index (χ4n) is 4.06. The number of carbonyl (C=O) groups is 1. The van der Waals surface area contributed by atoms with Crippen molar-refractivity contribution in [3.05, 3.63) is 83.4 Å². The van der Waals surface area contributed by atoms with E-state index in [4.69, 9.17) is 0 Å². The highest BCUT2D eigenvalue weighted by Crippen LogP contribution is 2.26. The van der Waals surface area contributed by atoms with Crippen molar-refractivity contribution in [2.24, 2.45) is 0 Å². The third-order valence-electron chi connectivity index (χ3n) is 5.90. The Labute approximate surface area is 190 Å². The van der Waals surface area contributed by atoms with Crippen molar-refractivity contribution in [1.82, 2.24) is 4.31 Å². The fraction of sp³-hybridized carbons (Fsp3) is 0.269. The summed E-state index contributed by atoms with van der Waals surface area (Å²) in [6, 6.07) is 20.2. The second-order valence-corrected chi connectivity index (χ2v) is 10.3. The molecule has 3 aromatic carbocycles. The van der Waals surface area contributed by atoms with Gasteiger partial charge in [-0.15, -0.1) is 0 Å². The molecular weight excluding hydrogens is 420 g/mol. The average molecular weight is 449 g/mol. The predicted molar refractivity (Wildman–Crippen MR) is 128 cm³/mol. The van der Waals surface area contributed by atoms with Gasteiger partial charge in [0.25, 0.3) is 5.91 Å². The maximum absolute atomic E-state index is 12.9. The number of carbonyl (C=O) groups excluding carboxylic acids is 1. The highest BCUT2D eigenvalue weighted by molar-refractivity contribution is 7.89. The lowest BCUT2D eigenvalue weighted by Gasteiger charge is -2.25. The molecule has 0 spiro atoms. The summed E-state index contributed by atoms with van der Waals surface area (Å²) in [4.78, 5) is 13.1. The minimum atomic E-state index is -3.46. The highest BCUT2D eigenvalue weighted by Gasteiger charge is 2.25. The molecule has 1 amide bonds. The maximum atomic E-state index is 12.9. The zero-order chi connectivity index (χ0) is 22.7. The Balaban J connectivity index is 1.53. The first kappa shape index (κ1) is 22.2. The molecule has 1 saturated heterocycles. The number of hydrogen-bond acceptors (Lipinski definition) is 3. The number of anilines is 1. The Morgan fingerprint density at radius 1 is 0.844 bits per heavy atom. The van der Waals surface area contributed by atoms with Crippen LogP contribution < -0.4 is 5.32 Å². The third-order valence-corrected chi connectivity index (χ3v) is 7.81. The van der Waals surface area contributed by atoms with Crippen LogP contribution >= 0.6 is 0 Å². The second-order valence-electron chi connectivity index (χ2n) is 8.34. The molecule has 1 heterocycles. The number of nitrogens with zero attached hydrogens (tertiary/aromatic N) is 1. The number of aryl methyl sites for hydroxylation is 2. The molecule has 1 N–H and O–H groups in total. The van der Waals surface area contributed by atoms with Gasteiger partial charge in [-0.2, -0.15) is 4.31 Å². The minimum Gasteiger partial charge on any atom is -0.322 e. The molecular formula is C26H28N2O3S. The first-order valence-corrected chi connectivity index (χ1v) is 12.4. The van der Waals surface area contributed by atoms with Crippen LogP contribution in [0.1, 0.15) is 40.7 Å². The van der Waals surface area contributed by atoms with E-state index in [0.717, 1.165) is 47.2 Å². The van der Waals surface area contributed by atoms with E-state index < -0.39 is 10.0 Å². The van der Waals surface area contributed by atoms with Crippen LogP contribution in [0.5, 0.6) is 0 Å². The van der Waals surface area contributed by atoms with Gasteiger partial charge in [-0.3, -0.25) is 4.79 Å². The van der Waals surface area contributed by atoms with Crippen LogP contribution in [0.3, 0.4) is 0 Å². The molecule has 1 fully saturated rings. The lowest BCUT2D eigenvalue weighted by Crippen LogP contribution is -2.35. The number of amides is 1. The van der Waals surface area contributed by atoms with Gasteiger partial charge in [-0.25, -0.2) is 8.42 Å². The van der Waals surface area contributed by atoms with Crippen LogP contribution in [0.2, 0.25) is 0 Å². The zero-order valence-corrected chi connectivity index (χ0v) is 19.3. The molecule has 5 nitrogen and oxygen atoms in total. The van der Waals surface area contributed by atoms with Gasteiger partial charge in [0.1, 0.15) is 0 Å². The fourth-order valence-corrected chi connectivity index (χ4v) is 5.58. The van der Waals surface area contributed by atoms with Crippen LogP contribution in [0.4, 0.5) is 5.69 Å². The van der Waals surface area contributed by atoms with E-state index in [-0.39, 0.29) is 5.91 Å². The maximum Gasteiger partial charge on any atom is 0.255 e.